The number of aromatic amines is 2. The van der Waals surface area contributed by atoms with Gasteiger partial charge in [0.2, 0.25) is 22.5 Å². The van der Waals surface area contributed by atoms with Crippen LogP contribution < -0.4 is 0 Å². The maximum absolute atomic E-state index is 12.1. The van der Waals surface area contributed by atoms with E-state index in [1.807, 2.05) is 0 Å². The Balaban J connectivity index is 0.000000609. The Labute approximate surface area is 242 Å². The SMILES string of the molecule is CC1(C)[N+](=O)C(c2c[nH]cn2)=[N+]([O-])C1(C)C.CC1(C)[N+](=O)C(c2c[nH]cn2)=[N+]([O-])C1(C)C.O=[N+]([O-])[O-].O=[N+]([O-])[O-].[Co]. The normalized spacial score (nSPS) is 19.0. The molecule has 0 saturated heterocycles. The first-order valence-electron chi connectivity index (χ1n) is 11.3. The summed E-state index contributed by atoms with van der Waals surface area (Å²) in [6.07, 6.45) is 5.98. The molecule has 0 saturated carbocycles. The summed E-state index contributed by atoms with van der Waals surface area (Å²) >= 11 is 0. The van der Waals surface area contributed by atoms with E-state index in [1.165, 1.54) is 12.7 Å². The van der Waals surface area contributed by atoms with Crippen LogP contribution in [0.4, 0.5) is 0 Å². The van der Waals surface area contributed by atoms with Gasteiger partial charge in [-0.3, -0.25) is 0 Å². The van der Waals surface area contributed by atoms with Crippen LogP contribution in [0.3, 0.4) is 0 Å². The van der Waals surface area contributed by atoms with Gasteiger partial charge in [0.1, 0.15) is 9.52 Å². The first kappa shape index (κ1) is 36.5. The van der Waals surface area contributed by atoms with E-state index in [4.69, 9.17) is 30.6 Å². The van der Waals surface area contributed by atoms with Crippen molar-refractivity contribution in [3.05, 3.63) is 87.3 Å². The van der Waals surface area contributed by atoms with E-state index in [0.29, 0.717) is 11.4 Å². The van der Waals surface area contributed by atoms with E-state index in [2.05, 4.69) is 19.9 Å². The van der Waals surface area contributed by atoms with Crippen molar-refractivity contribution in [3.63, 3.8) is 0 Å². The molecule has 1 radical (unpaired) electrons. The molecular weight excluding hydrogens is 599 g/mol. The second-order valence-corrected chi connectivity index (χ2v) is 10.4. The third-order valence-electron chi connectivity index (χ3n) is 7.25. The average molecular weight is 629 g/mol. The van der Waals surface area contributed by atoms with Gasteiger partial charge in [-0.2, -0.15) is 0 Å². The van der Waals surface area contributed by atoms with Crippen LogP contribution in [0.2, 0.25) is 0 Å². The molecule has 0 fully saturated rings. The fourth-order valence-electron chi connectivity index (χ4n) is 3.40. The van der Waals surface area contributed by atoms with Gasteiger partial charge < -0.3 is 51.0 Å². The Morgan fingerprint density at radius 3 is 1.02 bits per heavy atom. The minimum absolute atomic E-state index is 0. The number of H-pyrrole nitrogens is 2. The first-order chi connectivity index (χ1) is 18.1. The predicted octanol–water partition coefficient (Wildman–Crippen LogP) is 1.55. The number of imidazole rings is 2. The molecule has 0 aliphatic carbocycles. The summed E-state index contributed by atoms with van der Waals surface area (Å²) < 4.78 is 2.98. The molecule has 0 bridgehead atoms. The molecule has 4 rings (SSSR count). The topological polar surface area (TPSA) is 282 Å². The van der Waals surface area contributed by atoms with Gasteiger partial charge in [0, 0.05) is 94.4 Å². The largest absolute Gasteiger partial charge is 0.618 e. The predicted molar refractivity (Wildman–Crippen MR) is 137 cm³/mol. The van der Waals surface area contributed by atoms with Crippen LogP contribution in [0, 0.1) is 50.9 Å². The van der Waals surface area contributed by atoms with Crippen molar-refractivity contribution in [2.75, 3.05) is 0 Å². The number of nitrogens with zero attached hydrogens (tertiary/aromatic N) is 8. The molecule has 0 aromatic carbocycles. The zero-order chi connectivity index (χ0) is 31.4. The zero-order valence-electron chi connectivity index (χ0n) is 23.3. The van der Waals surface area contributed by atoms with Crippen LogP contribution in [0.5, 0.6) is 0 Å². The number of amidine groups is 2. The Morgan fingerprint density at radius 2 is 0.878 bits per heavy atom. The monoisotopic (exact) mass is 629 g/mol. The van der Waals surface area contributed by atoms with Crippen LogP contribution >= 0.6 is 0 Å². The van der Waals surface area contributed by atoms with Crippen LogP contribution in [-0.2, 0) is 16.8 Å². The Kier molecular flexibility index (Phi) is 11.3. The van der Waals surface area contributed by atoms with Gasteiger partial charge in [0.25, 0.3) is 11.1 Å². The second kappa shape index (κ2) is 12.8. The molecule has 2 N–H and O–H groups in total. The summed E-state index contributed by atoms with van der Waals surface area (Å²) in [5.41, 5.74) is -2.40. The van der Waals surface area contributed by atoms with Crippen molar-refractivity contribution in [3.8, 4) is 0 Å². The Morgan fingerprint density at radius 1 is 0.634 bits per heavy atom. The van der Waals surface area contributed by atoms with Crippen molar-refractivity contribution < 1.29 is 45.9 Å². The maximum atomic E-state index is 12.1. The molecule has 2 aliphatic heterocycles. The maximum Gasteiger partial charge on any atom is 0.525 e. The number of rotatable bonds is 2. The van der Waals surface area contributed by atoms with E-state index < -0.39 is 32.3 Å². The number of hydroxylamine groups is 2. The van der Waals surface area contributed by atoms with Gasteiger partial charge in [-0.15, -0.1) is 9.48 Å². The molecule has 0 spiro atoms. The molecule has 229 valence electrons. The Hall–Kier alpha value is -4.53. The van der Waals surface area contributed by atoms with E-state index in [1.54, 1.807) is 67.8 Å². The van der Waals surface area contributed by atoms with Gasteiger partial charge >= 0.3 is 11.7 Å². The average Bonchev–Trinajstić information content (AvgIpc) is 3.56. The van der Waals surface area contributed by atoms with Crippen molar-refractivity contribution in [1.82, 2.24) is 19.9 Å². The van der Waals surface area contributed by atoms with Crippen LogP contribution in [0.25, 0.3) is 0 Å². The summed E-state index contributed by atoms with van der Waals surface area (Å²) in [5, 5.41) is 53.8. The molecule has 21 heteroatoms. The fourth-order valence-corrected chi connectivity index (χ4v) is 3.40. The number of nitrogens with one attached hydrogen (secondary N) is 2. The van der Waals surface area contributed by atoms with Gasteiger partial charge in [-0.1, -0.05) is 0 Å². The molecule has 0 atom stereocenters. The molecule has 20 nitrogen and oxygen atoms in total. The minimum Gasteiger partial charge on any atom is -0.618 e. The van der Waals surface area contributed by atoms with E-state index in [-0.39, 0.29) is 28.5 Å². The Bertz CT molecular complexity index is 1220. The molecule has 41 heavy (non-hydrogen) atoms. The van der Waals surface area contributed by atoms with Crippen molar-refractivity contribution in [2.45, 2.75) is 77.5 Å². The number of hydrogen-bond donors (Lipinski definition) is 2. The smallest absolute Gasteiger partial charge is 0.525 e. The van der Waals surface area contributed by atoms with Crippen LogP contribution in [0.15, 0.2) is 25.0 Å². The standard InChI is InChI=1S/2C10H15N4O2.Co.2NO3/c2*1-9(2)10(3,4)14(16)8(13(9)15)7-5-11-6-12-7;;2*2-1(3)4/h2*5-6H,1-4H3,(H,11,12);;;/q2*+1;;2*-1. The molecule has 4 heterocycles. The van der Waals surface area contributed by atoms with Gasteiger partial charge in [0.15, 0.2) is 0 Å². The number of aromatic nitrogens is 4. The summed E-state index contributed by atoms with van der Waals surface area (Å²) in [5.74, 6) is 0.132. The summed E-state index contributed by atoms with van der Waals surface area (Å²) in [6.45, 7) is 14.0. The van der Waals surface area contributed by atoms with Crippen molar-refractivity contribution in [1.29, 1.82) is 0 Å². The number of hydrogen-bond acceptors (Lipinski definition) is 12. The second-order valence-electron chi connectivity index (χ2n) is 10.4. The van der Waals surface area contributed by atoms with E-state index in [9.17, 15) is 20.2 Å². The third kappa shape index (κ3) is 6.97. The zero-order valence-corrected chi connectivity index (χ0v) is 24.3. The number of nitroso groups, excluding NO2 is 2. The van der Waals surface area contributed by atoms with E-state index in [0.717, 1.165) is 19.0 Å². The van der Waals surface area contributed by atoms with Crippen molar-refractivity contribution in [2.24, 2.45) is 0 Å². The minimum atomic E-state index is -1.75. The van der Waals surface area contributed by atoms with Gasteiger partial charge in [-0.25, -0.2) is 9.97 Å². The third-order valence-corrected chi connectivity index (χ3v) is 7.25. The molecule has 2 aliphatic rings. The van der Waals surface area contributed by atoms with Crippen LogP contribution in [-0.4, -0.2) is 82.9 Å². The summed E-state index contributed by atoms with van der Waals surface area (Å²) in [4.78, 5) is 54.2. The van der Waals surface area contributed by atoms with E-state index >= 15 is 0 Å². The van der Waals surface area contributed by atoms with Gasteiger partial charge in [0.05, 0.1) is 22.8 Å². The van der Waals surface area contributed by atoms with Gasteiger partial charge in [-0.05, 0) is 0 Å². The molecule has 2 aromatic heterocycles. The molecule has 0 unspecified atom stereocenters. The van der Waals surface area contributed by atoms with Crippen molar-refractivity contribution >= 4 is 11.7 Å². The first-order valence-corrected chi connectivity index (χ1v) is 11.3. The fraction of sp³-hybridized carbons (Fsp3) is 0.600. The molecule has 2 aromatic rings. The summed E-state index contributed by atoms with van der Waals surface area (Å²) in [7, 11) is 0. The molecule has 0 amide bonds. The molecular formula is C20H30CoN10O10. The quantitative estimate of drug-likeness (QED) is 0.207. The summed E-state index contributed by atoms with van der Waals surface area (Å²) in [6, 6.07) is 0. The van der Waals surface area contributed by atoms with Crippen LogP contribution in [0.1, 0.15) is 66.8 Å².